The second kappa shape index (κ2) is 5.12. The second-order valence-electron chi connectivity index (χ2n) is 3.66. The third kappa shape index (κ3) is 3.04. The summed E-state index contributed by atoms with van der Waals surface area (Å²) in [6.45, 7) is 0.698. The van der Waals surface area contributed by atoms with Crippen LogP contribution < -0.4 is 11.1 Å². The van der Waals surface area contributed by atoms with Gasteiger partial charge in [0.25, 0.3) is 0 Å². The van der Waals surface area contributed by atoms with E-state index in [9.17, 15) is 4.79 Å². The van der Waals surface area contributed by atoms with Gasteiger partial charge < -0.3 is 11.1 Å². The number of aromatic nitrogens is 1. The molecule has 0 radical (unpaired) electrons. The molecule has 0 saturated heterocycles. The van der Waals surface area contributed by atoms with Crippen molar-refractivity contribution >= 4 is 11.6 Å². The number of nitrogens with one attached hydrogen (secondary N) is 1. The van der Waals surface area contributed by atoms with E-state index in [1.54, 1.807) is 18.3 Å². The molecule has 1 heterocycles. The van der Waals surface area contributed by atoms with Gasteiger partial charge in [-0.05, 0) is 35.9 Å². The van der Waals surface area contributed by atoms with Gasteiger partial charge in [-0.15, -0.1) is 0 Å². The van der Waals surface area contributed by atoms with Gasteiger partial charge in [0, 0.05) is 30.2 Å². The number of nitrogens with zero attached hydrogens (tertiary/aromatic N) is 1. The Labute approximate surface area is 99.5 Å². The molecule has 1 amide bonds. The summed E-state index contributed by atoms with van der Waals surface area (Å²) < 4.78 is 0. The minimum Gasteiger partial charge on any atom is -0.381 e. The highest BCUT2D eigenvalue weighted by Crippen LogP contribution is 2.10. The van der Waals surface area contributed by atoms with Crippen molar-refractivity contribution in [3.63, 3.8) is 0 Å². The summed E-state index contributed by atoms with van der Waals surface area (Å²) in [5, 5.41) is 3.23. The van der Waals surface area contributed by atoms with E-state index in [1.807, 2.05) is 30.5 Å². The summed E-state index contributed by atoms with van der Waals surface area (Å²) in [5.74, 6) is -0.413. The van der Waals surface area contributed by atoms with Gasteiger partial charge >= 0.3 is 0 Å². The number of anilines is 1. The van der Waals surface area contributed by atoms with E-state index >= 15 is 0 Å². The molecule has 0 spiro atoms. The maximum Gasteiger partial charge on any atom is 0.248 e. The zero-order valence-electron chi connectivity index (χ0n) is 9.26. The number of rotatable bonds is 4. The highest BCUT2D eigenvalue weighted by Gasteiger charge is 1.99. The number of primary amides is 1. The van der Waals surface area contributed by atoms with Crippen LogP contribution in [0, 0.1) is 0 Å². The third-order valence-electron chi connectivity index (χ3n) is 2.39. The smallest absolute Gasteiger partial charge is 0.248 e. The van der Waals surface area contributed by atoms with Crippen molar-refractivity contribution in [2.24, 2.45) is 5.73 Å². The van der Waals surface area contributed by atoms with E-state index in [-0.39, 0.29) is 0 Å². The number of benzene rings is 1. The molecule has 1 aromatic heterocycles. The molecule has 0 saturated carbocycles. The summed E-state index contributed by atoms with van der Waals surface area (Å²) in [6.07, 6.45) is 3.55. The van der Waals surface area contributed by atoms with Gasteiger partial charge in [-0.2, -0.15) is 0 Å². The van der Waals surface area contributed by atoms with Crippen molar-refractivity contribution in [2.75, 3.05) is 5.32 Å². The summed E-state index contributed by atoms with van der Waals surface area (Å²) in [5.41, 5.74) is 7.72. The highest BCUT2D eigenvalue weighted by atomic mass is 16.1. The number of amides is 1. The highest BCUT2D eigenvalue weighted by molar-refractivity contribution is 5.93. The van der Waals surface area contributed by atoms with Gasteiger partial charge in [-0.25, -0.2) is 0 Å². The number of pyridine rings is 1. The Hall–Kier alpha value is -2.36. The van der Waals surface area contributed by atoms with Crippen LogP contribution in [-0.4, -0.2) is 10.9 Å². The van der Waals surface area contributed by atoms with Gasteiger partial charge in [0.1, 0.15) is 0 Å². The van der Waals surface area contributed by atoms with Crippen LogP contribution in [0.1, 0.15) is 15.9 Å². The maximum atomic E-state index is 10.9. The molecule has 0 aliphatic heterocycles. The quantitative estimate of drug-likeness (QED) is 0.836. The summed E-state index contributed by atoms with van der Waals surface area (Å²) in [4.78, 5) is 14.9. The number of nitrogens with two attached hydrogens (primary N) is 1. The minimum absolute atomic E-state index is 0.413. The molecule has 1 aromatic carbocycles. The van der Waals surface area contributed by atoms with Crippen LogP contribution in [0.15, 0.2) is 48.8 Å². The first-order chi connectivity index (χ1) is 8.25. The van der Waals surface area contributed by atoms with Gasteiger partial charge in [-0.3, -0.25) is 9.78 Å². The van der Waals surface area contributed by atoms with Crippen molar-refractivity contribution in [3.05, 3.63) is 59.9 Å². The molecule has 0 atom stereocenters. The topological polar surface area (TPSA) is 68.0 Å². The van der Waals surface area contributed by atoms with E-state index < -0.39 is 5.91 Å². The lowest BCUT2D eigenvalue weighted by Crippen LogP contribution is -2.10. The fraction of sp³-hybridized carbons (Fsp3) is 0.0769. The minimum atomic E-state index is -0.413. The molecule has 0 bridgehead atoms. The number of hydrogen-bond donors (Lipinski definition) is 2. The van der Waals surface area contributed by atoms with E-state index in [2.05, 4.69) is 10.3 Å². The molecule has 0 aliphatic carbocycles. The van der Waals surface area contributed by atoms with Gasteiger partial charge in [-0.1, -0.05) is 6.07 Å². The molecule has 2 rings (SSSR count). The molecular weight excluding hydrogens is 214 g/mol. The summed E-state index contributed by atoms with van der Waals surface area (Å²) in [6, 6.07) is 11.0. The molecule has 4 heteroatoms. The zero-order chi connectivity index (χ0) is 12.1. The zero-order valence-corrected chi connectivity index (χ0v) is 9.26. The van der Waals surface area contributed by atoms with Crippen LogP contribution in [-0.2, 0) is 6.54 Å². The number of carbonyl (C=O) groups excluding carboxylic acids is 1. The Morgan fingerprint density at radius 1 is 1.24 bits per heavy atom. The van der Waals surface area contributed by atoms with Crippen molar-refractivity contribution < 1.29 is 4.79 Å². The van der Waals surface area contributed by atoms with Crippen LogP contribution in [0.2, 0.25) is 0 Å². The van der Waals surface area contributed by atoms with Crippen LogP contribution in [0.4, 0.5) is 5.69 Å². The first-order valence-electron chi connectivity index (χ1n) is 5.28. The normalized spacial score (nSPS) is 9.88. The van der Waals surface area contributed by atoms with Crippen LogP contribution >= 0.6 is 0 Å². The Balaban J connectivity index is 1.98. The largest absolute Gasteiger partial charge is 0.381 e. The first kappa shape index (κ1) is 11.1. The van der Waals surface area contributed by atoms with Crippen molar-refractivity contribution in [1.82, 2.24) is 4.98 Å². The van der Waals surface area contributed by atoms with Crippen LogP contribution in [0.25, 0.3) is 0 Å². The van der Waals surface area contributed by atoms with E-state index in [4.69, 9.17) is 5.73 Å². The van der Waals surface area contributed by atoms with E-state index in [0.29, 0.717) is 12.1 Å². The van der Waals surface area contributed by atoms with Gasteiger partial charge in [0.2, 0.25) is 5.91 Å². The van der Waals surface area contributed by atoms with Crippen LogP contribution in [0.5, 0.6) is 0 Å². The first-order valence-corrected chi connectivity index (χ1v) is 5.28. The fourth-order valence-electron chi connectivity index (χ4n) is 1.46. The summed E-state index contributed by atoms with van der Waals surface area (Å²) >= 11 is 0. The average Bonchev–Trinajstić information content (AvgIpc) is 2.38. The Bertz CT molecular complexity index is 494. The maximum absolute atomic E-state index is 10.9. The van der Waals surface area contributed by atoms with Crippen LogP contribution in [0.3, 0.4) is 0 Å². The molecule has 86 valence electrons. The van der Waals surface area contributed by atoms with E-state index in [1.165, 1.54) is 0 Å². The second-order valence-corrected chi connectivity index (χ2v) is 3.66. The molecular formula is C13H13N3O. The third-order valence-corrected chi connectivity index (χ3v) is 2.39. The molecule has 0 aliphatic rings. The lowest BCUT2D eigenvalue weighted by Gasteiger charge is -2.06. The lowest BCUT2D eigenvalue weighted by atomic mass is 10.2. The Kier molecular flexibility index (Phi) is 3.35. The van der Waals surface area contributed by atoms with E-state index in [0.717, 1.165) is 11.3 Å². The molecule has 0 unspecified atom stereocenters. The predicted molar refractivity (Wildman–Crippen MR) is 66.5 cm³/mol. The monoisotopic (exact) mass is 227 g/mol. The molecule has 17 heavy (non-hydrogen) atoms. The number of carbonyl (C=O) groups is 1. The molecule has 0 fully saturated rings. The molecule has 4 nitrogen and oxygen atoms in total. The molecule has 3 N–H and O–H groups in total. The predicted octanol–water partition coefficient (Wildman–Crippen LogP) is 1.79. The Morgan fingerprint density at radius 3 is 2.59 bits per heavy atom. The average molecular weight is 227 g/mol. The summed E-state index contributed by atoms with van der Waals surface area (Å²) in [7, 11) is 0. The van der Waals surface area contributed by atoms with Crippen molar-refractivity contribution in [3.8, 4) is 0 Å². The standard InChI is InChI=1S/C13H13N3O/c14-13(17)11-3-5-12(6-4-11)16-9-10-2-1-7-15-8-10/h1-8,16H,9H2,(H2,14,17). The Morgan fingerprint density at radius 2 is 2.00 bits per heavy atom. The number of hydrogen-bond acceptors (Lipinski definition) is 3. The lowest BCUT2D eigenvalue weighted by molar-refractivity contribution is 0.100. The van der Waals surface area contributed by atoms with Crippen molar-refractivity contribution in [1.29, 1.82) is 0 Å². The van der Waals surface area contributed by atoms with Crippen molar-refractivity contribution in [2.45, 2.75) is 6.54 Å². The van der Waals surface area contributed by atoms with Gasteiger partial charge in [0.15, 0.2) is 0 Å². The van der Waals surface area contributed by atoms with Gasteiger partial charge in [0.05, 0.1) is 0 Å². The molecule has 2 aromatic rings. The SMILES string of the molecule is NC(=O)c1ccc(NCc2cccnc2)cc1. The fourth-order valence-corrected chi connectivity index (χ4v) is 1.46.